The summed E-state index contributed by atoms with van der Waals surface area (Å²) in [6.07, 6.45) is 0. The number of carbonyl (C=O) groups excluding carboxylic acids is 1. The number of rotatable bonds is 5. The van der Waals surface area contributed by atoms with E-state index < -0.39 is 0 Å². The molecule has 3 aromatic rings. The van der Waals surface area contributed by atoms with Gasteiger partial charge < -0.3 is 19.8 Å². The molecule has 0 saturated carbocycles. The van der Waals surface area contributed by atoms with E-state index in [4.69, 9.17) is 15.2 Å². The summed E-state index contributed by atoms with van der Waals surface area (Å²) >= 11 is 0. The summed E-state index contributed by atoms with van der Waals surface area (Å²) in [4.78, 5) is 20.8. The molecule has 0 radical (unpaired) electrons. The van der Waals surface area contributed by atoms with Gasteiger partial charge in [-0.2, -0.15) is 0 Å². The molecule has 2 aromatic heterocycles. The van der Waals surface area contributed by atoms with Crippen LogP contribution >= 0.6 is 0 Å². The summed E-state index contributed by atoms with van der Waals surface area (Å²) < 4.78 is 12.2. The number of hydrogen-bond acceptors (Lipinski definition) is 6. The van der Waals surface area contributed by atoms with Gasteiger partial charge in [-0.25, -0.2) is 9.78 Å². The minimum absolute atomic E-state index is 0.326. The molecule has 2 N–H and O–H groups in total. The van der Waals surface area contributed by atoms with Crippen molar-refractivity contribution in [1.82, 2.24) is 14.5 Å². The number of fused-ring (bicyclic) bond motifs is 1. The summed E-state index contributed by atoms with van der Waals surface area (Å²) in [5.74, 6) is 0.663. The van der Waals surface area contributed by atoms with E-state index in [1.54, 1.807) is 26.2 Å². The highest BCUT2D eigenvalue weighted by Gasteiger charge is 2.15. The van der Waals surface area contributed by atoms with Crippen LogP contribution in [0.5, 0.6) is 5.75 Å². The number of benzene rings is 1. The quantitative estimate of drug-likeness (QED) is 0.718. The number of aryl methyl sites for hydroxylation is 1. The minimum atomic E-state index is -0.375. The fourth-order valence-corrected chi connectivity index (χ4v) is 2.70. The Morgan fingerprint density at radius 3 is 2.76 bits per heavy atom. The number of nitrogens with zero attached hydrogens (tertiary/aromatic N) is 3. The van der Waals surface area contributed by atoms with E-state index in [0.717, 1.165) is 16.9 Å². The van der Waals surface area contributed by atoms with Gasteiger partial charge in [0.1, 0.15) is 11.4 Å². The first-order valence-electron chi connectivity index (χ1n) is 7.97. The Morgan fingerprint density at radius 1 is 1.24 bits per heavy atom. The van der Waals surface area contributed by atoms with Crippen molar-refractivity contribution in [3.05, 3.63) is 47.3 Å². The lowest BCUT2D eigenvalue weighted by molar-refractivity contribution is 0.0526. The second-order valence-electron chi connectivity index (χ2n) is 5.58. The molecule has 0 bridgehead atoms. The Kier molecular flexibility index (Phi) is 4.56. The average Bonchev–Trinajstić information content (AvgIpc) is 2.90. The molecule has 0 saturated heterocycles. The third-order valence-corrected chi connectivity index (χ3v) is 3.89. The van der Waals surface area contributed by atoms with Crippen molar-refractivity contribution in [2.75, 3.05) is 19.5 Å². The molecule has 0 aliphatic carbocycles. The predicted octanol–water partition coefficient (Wildman–Crippen LogP) is 2.56. The molecule has 0 unspecified atom stereocenters. The van der Waals surface area contributed by atoms with E-state index in [-0.39, 0.29) is 5.97 Å². The first-order valence-corrected chi connectivity index (χ1v) is 7.97. The van der Waals surface area contributed by atoms with Crippen LogP contribution in [0.4, 0.5) is 5.95 Å². The summed E-state index contributed by atoms with van der Waals surface area (Å²) in [7, 11) is 1.61. The molecule has 0 amide bonds. The molecule has 0 fully saturated rings. The highest BCUT2D eigenvalue weighted by molar-refractivity contribution is 5.94. The third-order valence-electron chi connectivity index (χ3n) is 3.89. The largest absolute Gasteiger partial charge is 0.495 e. The zero-order valence-electron chi connectivity index (χ0n) is 14.4. The molecule has 2 heterocycles. The smallest absolute Gasteiger partial charge is 0.338 e. The van der Waals surface area contributed by atoms with Crippen LogP contribution in [0.2, 0.25) is 0 Å². The van der Waals surface area contributed by atoms with Crippen molar-refractivity contribution < 1.29 is 14.3 Å². The first kappa shape index (κ1) is 16.8. The minimum Gasteiger partial charge on any atom is -0.495 e. The highest BCUT2D eigenvalue weighted by atomic mass is 16.5. The molecule has 7 nitrogen and oxygen atoms in total. The van der Waals surface area contributed by atoms with Gasteiger partial charge in [0.15, 0.2) is 0 Å². The van der Waals surface area contributed by atoms with Gasteiger partial charge in [0, 0.05) is 5.69 Å². The summed E-state index contributed by atoms with van der Waals surface area (Å²) in [6.45, 7) is 4.44. The van der Waals surface area contributed by atoms with Crippen LogP contribution in [-0.4, -0.2) is 34.2 Å². The molecule has 0 aliphatic heterocycles. The van der Waals surface area contributed by atoms with Crippen molar-refractivity contribution in [3.8, 4) is 5.75 Å². The molecule has 0 spiro atoms. The zero-order valence-corrected chi connectivity index (χ0v) is 14.4. The van der Waals surface area contributed by atoms with Crippen LogP contribution in [0.25, 0.3) is 11.0 Å². The van der Waals surface area contributed by atoms with Gasteiger partial charge in [-0.3, -0.25) is 4.98 Å². The molecule has 25 heavy (non-hydrogen) atoms. The average molecular weight is 340 g/mol. The number of aromatic nitrogens is 3. The standard InChI is InChI=1S/C18H20N4O3/c1-4-25-17(23)12-6-7-15-13(9-12)21-18(19)22(15)10-14-16(24-3)8-5-11(2)20-14/h5-9H,4,10H2,1-3H3,(H2,19,21). The van der Waals surface area contributed by atoms with E-state index >= 15 is 0 Å². The van der Waals surface area contributed by atoms with Gasteiger partial charge >= 0.3 is 5.97 Å². The van der Waals surface area contributed by atoms with Crippen LogP contribution < -0.4 is 10.5 Å². The fraction of sp³-hybridized carbons (Fsp3) is 0.278. The van der Waals surface area contributed by atoms with E-state index in [1.165, 1.54) is 0 Å². The summed E-state index contributed by atoms with van der Waals surface area (Å²) in [5.41, 5.74) is 9.64. The number of methoxy groups -OCH3 is 1. The van der Waals surface area contributed by atoms with Crippen molar-refractivity contribution in [2.24, 2.45) is 0 Å². The molecule has 0 atom stereocenters. The molecular formula is C18H20N4O3. The topological polar surface area (TPSA) is 92.3 Å². The number of anilines is 1. The Labute approximate surface area is 145 Å². The van der Waals surface area contributed by atoms with E-state index in [0.29, 0.717) is 35.9 Å². The monoisotopic (exact) mass is 340 g/mol. The normalized spacial score (nSPS) is 10.8. The highest BCUT2D eigenvalue weighted by Crippen LogP contribution is 2.24. The summed E-state index contributed by atoms with van der Waals surface area (Å²) in [5, 5.41) is 0. The lowest BCUT2D eigenvalue weighted by atomic mass is 10.2. The van der Waals surface area contributed by atoms with Crippen LogP contribution in [-0.2, 0) is 11.3 Å². The second-order valence-corrected chi connectivity index (χ2v) is 5.58. The van der Waals surface area contributed by atoms with Crippen molar-refractivity contribution >= 4 is 23.0 Å². The van der Waals surface area contributed by atoms with Crippen molar-refractivity contribution in [2.45, 2.75) is 20.4 Å². The number of nitrogen functional groups attached to an aromatic ring is 1. The van der Waals surface area contributed by atoms with Crippen molar-refractivity contribution in [3.63, 3.8) is 0 Å². The number of nitrogens with two attached hydrogens (primary N) is 1. The van der Waals surface area contributed by atoms with Gasteiger partial charge in [-0.15, -0.1) is 0 Å². The maximum Gasteiger partial charge on any atom is 0.338 e. The van der Waals surface area contributed by atoms with Gasteiger partial charge in [-0.05, 0) is 44.2 Å². The molecule has 0 aliphatic rings. The number of pyridine rings is 1. The van der Waals surface area contributed by atoms with Gasteiger partial charge in [0.05, 0.1) is 36.9 Å². The predicted molar refractivity (Wildman–Crippen MR) is 94.7 cm³/mol. The maximum absolute atomic E-state index is 11.9. The number of carbonyl (C=O) groups is 1. The Hall–Kier alpha value is -3.09. The lowest BCUT2D eigenvalue weighted by Gasteiger charge is -2.11. The molecular weight excluding hydrogens is 320 g/mol. The molecule has 1 aromatic carbocycles. The maximum atomic E-state index is 11.9. The van der Waals surface area contributed by atoms with Crippen LogP contribution in [0, 0.1) is 6.92 Å². The number of imidazole rings is 1. The van der Waals surface area contributed by atoms with Gasteiger partial charge in [-0.1, -0.05) is 0 Å². The fourth-order valence-electron chi connectivity index (χ4n) is 2.70. The number of esters is 1. The zero-order chi connectivity index (χ0) is 18.0. The van der Waals surface area contributed by atoms with E-state index in [1.807, 2.05) is 29.7 Å². The van der Waals surface area contributed by atoms with E-state index in [2.05, 4.69) is 9.97 Å². The molecule has 3 rings (SSSR count). The van der Waals surface area contributed by atoms with Gasteiger partial charge in [0.2, 0.25) is 5.95 Å². The second kappa shape index (κ2) is 6.80. The first-order chi connectivity index (χ1) is 12.0. The number of ether oxygens (including phenoxy) is 2. The van der Waals surface area contributed by atoms with Crippen LogP contribution in [0.3, 0.4) is 0 Å². The Bertz CT molecular complexity index is 933. The third kappa shape index (κ3) is 3.26. The van der Waals surface area contributed by atoms with Gasteiger partial charge in [0.25, 0.3) is 0 Å². The molecule has 7 heteroatoms. The lowest BCUT2D eigenvalue weighted by Crippen LogP contribution is -2.08. The number of hydrogen-bond donors (Lipinski definition) is 1. The van der Waals surface area contributed by atoms with E-state index in [9.17, 15) is 4.79 Å². The van der Waals surface area contributed by atoms with Crippen LogP contribution in [0.15, 0.2) is 30.3 Å². The molecule has 130 valence electrons. The van der Waals surface area contributed by atoms with Crippen LogP contribution in [0.1, 0.15) is 28.7 Å². The SMILES string of the molecule is CCOC(=O)c1ccc2c(c1)nc(N)n2Cc1nc(C)ccc1OC. The Morgan fingerprint density at radius 2 is 2.04 bits per heavy atom. The Balaban J connectivity index is 2.01. The van der Waals surface area contributed by atoms with Crippen molar-refractivity contribution in [1.29, 1.82) is 0 Å². The summed E-state index contributed by atoms with van der Waals surface area (Å²) in [6, 6.07) is 8.97.